The minimum Gasteiger partial charge on any atom is -0.480 e. The third kappa shape index (κ3) is 4.30. The molecule has 1 atom stereocenters. The van der Waals surface area contributed by atoms with Crippen LogP contribution in [0.2, 0.25) is 0 Å². The smallest absolute Gasteiger partial charge is 0.328 e. The number of carbonyl (C=O) groups excluding carboxylic acids is 1. The molecule has 0 saturated carbocycles. The molecule has 0 bridgehead atoms. The van der Waals surface area contributed by atoms with Gasteiger partial charge in [-0.05, 0) is 0 Å². The van der Waals surface area contributed by atoms with E-state index in [1.807, 2.05) is 0 Å². The molecule has 0 aliphatic heterocycles. The van der Waals surface area contributed by atoms with Crippen LogP contribution < -0.4 is 5.32 Å². The number of carbonyl (C=O) groups is 2. The maximum absolute atomic E-state index is 10.3. The Morgan fingerprint density at radius 2 is 2.50 bits per heavy atom. The first kappa shape index (κ1) is 10.5. The Balaban J connectivity index is 3.72. The van der Waals surface area contributed by atoms with Crippen molar-refractivity contribution in [2.45, 2.75) is 6.04 Å². The molecule has 12 heavy (non-hydrogen) atoms. The van der Waals surface area contributed by atoms with Crippen molar-refractivity contribution in [3.05, 3.63) is 0 Å². The highest BCUT2D eigenvalue weighted by Crippen LogP contribution is 1.84. The predicted octanol–water partition coefficient (Wildman–Crippen LogP) is -1.16. The van der Waals surface area contributed by atoms with Gasteiger partial charge in [-0.3, -0.25) is 4.79 Å². The molecule has 0 aromatic carbocycles. The molecular weight excluding hydrogens is 162 g/mol. The first-order valence-electron chi connectivity index (χ1n) is 3.16. The van der Waals surface area contributed by atoms with E-state index in [2.05, 4.69) is 11.2 Å². The summed E-state index contributed by atoms with van der Waals surface area (Å²) in [5, 5.41) is 10.5. The highest BCUT2D eigenvalue weighted by Gasteiger charge is 2.15. The Bertz CT molecular complexity index is 196. The monoisotopic (exact) mass is 171 g/mol. The Morgan fingerprint density at radius 1 is 1.83 bits per heavy atom. The second-order valence-electron chi connectivity index (χ2n) is 1.89. The van der Waals surface area contributed by atoms with Crippen LogP contribution in [0.4, 0.5) is 0 Å². The summed E-state index contributed by atoms with van der Waals surface area (Å²) in [6.45, 7) is -0.0947. The quantitative estimate of drug-likeness (QED) is 0.300. The Kier molecular flexibility index (Phi) is 5.39. The third-order valence-electron chi connectivity index (χ3n) is 1.04. The van der Waals surface area contributed by atoms with Crippen molar-refractivity contribution in [1.82, 2.24) is 5.32 Å². The van der Waals surface area contributed by atoms with Crippen LogP contribution in [-0.2, 0) is 14.3 Å². The topological polar surface area (TPSA) is 75.6 Å². The second kappa shape index (κ2) is 6.19. The van der Waals surface area contributed by atoms with E-state index in [0.29, 0.717) is 6.41 Å². The van der Waals surface area contributed by atoms with E-state index in [1.165, 1.54) is 0 Å². The van der Waals surface area contributed by atoms with Crippen molar-refractivity contribution in [3.8, 4) is 12.3 Å². The molecule has 0 heterocycles. The number of terminal acetylenes is 1. The summed E-state index contributed by atoms with van der Waals surface area (Å²) >= 11 is 0. The molecule has 0 saturated heterocycles. The predicted molar refractivity (Wildman–Crippen MR) is 40.3 cm³/mol. The normalized spacial score (nSPS) is 11.2. The lowest BCUT2D eigenvalue weighted by Crippen LogP contribution is -2.39. The van der Waals surface area contributed by atoms with Gasteiger partial charge in [-0.2, -0.15) is 0 Å². The summed E-state index contributed by atoms with van der Waals surface area (Å²) < 4.78 is 4.72. The SMILES string of the molecule is C#CCOCC(NC=O)C(=O)O. The first-order valence-corrected chi connectivity index (χ1v) is 3.16. The van der Waals surface area contributed by atoms with E-state index in [-0.39, 0.29) is 13.2 Å². The molecule has 0 rings (SSSR count). The van der Waals surface area contributed by atoms with Crippen LogP contribution in [0.1, 0.15) is 0 Å². The van der Waals surface area contributed by atoms with Crippen molar-refractivity contribution in [2.24, 2.45) is 0 Å². The van der Waals surface area contributed by atoms with Gasteiger partial charge >= 0.3 is 5.97 Å². The maximum Gasteiger partial charge on any atom is 0.328 e. The highest BCUT2D eigenvalue weighted by atomic mass is 16.5. The zero-order chi connectivity index (χ0) is 9.40. The molecule has 1 amide bonds. The number of hydrogen-bond acceptors (Lipinski definition) is 3. The van der Waals surface area contributed by atoms with E-state index in [9.17, 15) is 9.59 Å². The summed E-state index contributed by atoms with van der Waals surface area (Å²) in [4.78, 5) is 20.2. The van der Waals surface area contributed by atoms with Crippen LogP contribution in [0, 0.1) is 12.3 Å². The molecule has 0 aromatic heterocycles. The zero-order valence-electron chi connectivity index (χ0n) is 6.32. The minimum absolute atomic E-state index is 0.0321. The maximum atomic E-state index is 10.3. The minimum atomic E-state index is -1.15. The van der Waals surface area contributed by atoms with Gasteiger partial charge in [0.15, 0.2) is 0 Å². The van der Waals surface area contributed by atoms with Crippen LogP contribution >= 0.6 is 0 Å². The molecular formula is C7H9NO4. The van der Waals surface area contributed by atoms with Gasteiger partial charge in [0.2, 0.25) is 6.41 Å². The van der Waals surface area contributed by atoms with Crippen LogP contribution in [-0.4, -0.2) is 36.7 Å². The van der Waals surface area contributed by atoms with Gasteiger partial charge in [0, 0.05) is 0 Å². The fraction of sp³-hybridized carbons (Fsp3) is 0.429. The summed E-state index contributed by atoms with van der Waals surface area (Å²) in [7, 11) is 0. The molecule has 0 fully saturated rings. The highest BCUT2D eigenvalue weighted by molar-refractivity contribution is 5.76. The van der Waals surface area contributed by atoms with Gasteiger partial charge in [0.1, 0.15) is 12.6 Å². The molecule has 0 aliphatic carbocycles. The number of aliphatic carboxylic acids is 1. The zero-order valence-corrected chi connectivity index (χ0v) is 6.32. The molecule has 2 N–H and O–H groups in total. The largest absolute Gasteiger partial charge is 0.480 e. The summed E-state index contributed by atoms with van der Waals surface area (Å²) in [6, 6.07) is -1.03. The lowest BCUT2D eigenvalue weighted by atomic mass is 10.3. The number of carboxylic acids is 1. The molecule has 5 heteroatoms. The van der Waals surface area contributed by atoms with E-state index in [4.69, 9.17) is 16.3 Å². The Labute approximate surface area is 69.7 Å². The number of amides is 1. The Hall–Kier alpha value is -1.54. The van der Waals surface area contributed by atoms with Gasteiger partial charge in [0.05, 0.1) is 6.61 Å². The van der Waals surface area contributed by atoms with Crippen molar-refractivity contribution in [2.75, 3.05) is 13.2 Å². The fourth-order valence-corrected chi connectivity index (χ4v) is 0.509. The third-order valence-corrected chi connectivity index (χ3v) is 1.04. The molecule has 0 aliphatic rings. The van der Waals surface area contributed by atoms with Crippen molar-refractivity contribution >= 4 is 12.4 Å². The number of ether oxygens (including phenoxy) is 1. The lowest BCUT2D eigenvalue weighted by molar-refractivity contribution is -0.142. The standard InChI is InChI=1S/C7H9NO4/c1-2-3-12-4-6(7(10)11)8-5-9/h1,5-6H,3-4H2,(H,8,9)(H,10,11). The number of nitrogens with one attached hydrogen (secondary N) is 1. The van der Waals surface area contributed by atoms with Gasteiger partial charge in [-0.15, -0.1) is 6.42 Å². The fourth-order valence-electron chi connectivity index (χ4n) is 0.509. The number of hydrogen-bond donors (Lipinski definition) is 2. The van der Waals surface area contributed by atoms with Gasteiger partial charge < -0.3 is 15.2 Å². The van der Waals surface area contributed by atoms with Crippen LogP contribution in [0.25, 0.3) is 0 Å². The first-order chi connectivity index (χ1) is 5.72. The summed E-state index contributed by atoms with van der Waals surface area (Å²) in [5.74, 6) is 1.02. The van der Waals surface area contributed by atoms with Gasteiger partial charge in [-0.25, -0.2) is 4.79 Å². The summed E-state index contributed by atoms with van der Waals surface area (Å²) in [6.07, 6.45) is 5.16. The van der Waals surface area contributed by atoms with Crippen molar-refractivity contribution in [3.63, 3.8) is 0 Å². The van der Waals surface area contributed by atoms with E-state index in [0.717, 1.165) is 0 Å². The lowest BCUT2D eigenvalue weighted by Gasteiger charge is -2.09. The van der Waals surface area contributed by atoms with E-state index >= 15 is 0 Å². The summed E-state index contributed by atoms with van der Waals surface area (Å²) in [5.41, 5.74) is 0. The van der Waals surface area contributed by atoms with Gasteiger partial charge in [-0.1, -0.05) is 5.92 Å². The molecule has 1 unspecified atom stereocenters. The molecule has 66 valence electrons. The average Bonchev–Trinajstić information content (AvgIpc) is 2.03. The second-order valence-corrected chi connectivity index (χ2v) is 1.89. The Morgan fingerprint density at radius 3 is 2.92 bits per heavy atom. The van der Waals surface area contributed by atoms with E-state index < -0.39 is 12.0 Å². The van der Waals surface area contributed by atoms with Crippen molar-refractivity contribution < 1.29 is 19.4 Å². The average molecular weight is 171 g/mol. The molecule has 5 nitrogen and oxygen atoms in total. The van der Waals surface area contributed by atoms with Crippen LogP contribution in [0.15, 0.2) is 0 Å². The van der Waals surface area contributed by atoms with Gasteiger partial charge in [0.25, 0.3) is 0 Å². The molecule has 0 spiro atoms. The number of carboxylic acid groups (broad SMARTS) is 1. The van der Waals surface area contributed by atoms with Crippen molar-refractivity contribution in [1.29, 1.82) is 0 Å². The van der Waals surface area contributed by atoms with Crippen LogP contribution in [0.3, 0.4) is 0 Å². The molecule has 0 aromatic rings. The molecule has 0 radical (unpaired) electrons. The van der Waals surface area contributed by atoms with E-state index in [1.54, 1.807) is 0 Å². The van der Waals surface area contributed by atoms with Crippen LogP contribution in [0.5, 0.6) is 0 Å². The number of rotatable bonds is 6.